The summed E-state index contributed by atoms with van der Waals surface area (Å²) >= 11 is 0. The van der Waals surface area contributed by atoms with Gasteiger partial charge in [-0.2, -0.15) is 0 Å². The van der Waals surface area contributed by atoms with Gasteiger partial charge in [0, 0.05) is 12.1 Å². The van der Waals surface area contributed by atoms with E-state index < -0.39 is 0 Å². The minimum absolute atomic E-state index is 0.505. The Kier molecular flexibility index (Phi) is 2.83. The summed E-state index contributed by atoms with van der Waals surface area (Å²) in [5, 5.41) is 3.58. The number of benzene rings is 1. The first kappa shape index (κ1) is 10.7. The Balaban J connectivity index is 2.39. The summed E-state index contributed by atoms with van der Waals surface area (Å²) in [4.78, 5) is 0. The smallest absolute Gasteiger partial charge is 0.0297 e. The third kappa shape index (κ3) is 2.07. The molecule has 1 aliphatic heterocycles. The summed E-state index contributed by atoms with van der Waals surface area (Å²) < 4.78 is 0. The van der Waals surface area contributed by atoms with Crippen molar-refractivity contribution in [3.8, 4) is 0 Å². The van der Waals surface area contributed by atoms with E-state index in [1.54, 1.807) is 5.56 Å². The molecular formula is C14H21N. The van der Waals surface area contributed by atoms with Crippen LogP contribution in [0.5, 0.6) is 0 Å². The Morgan fingerprint density at radius 2 is 2.00 bits per heavy atom. The van der Waals surface area contributed by atoms with Gasteiger partial charge in [0.2, 0.25) is 0 Å². The Bertz CT molecular complexity index is 354. The molecule has 0 saturated carbocycles. The highest BCUT2D eigenvalue weighted by Gasteiger charge is 2.20. The SMILES string of the molecule is CC1Cc2cc(C(C)C)ccc2C(C)N1. The van der Waals surface area contributed by atoms with Crippen molar-refractivity contribution in [1.29, 1.82) is 0 Å². The monoisotopic (exact) mass is 203 g/mol. The van der Waals surface area contributed by atoms with Crippen LogP contribution in [0.1, 0.15) is 56.3 Å². The Hall–Kier alpha value is -0.820. The van der Waals surface area contributed by atoms with Crippen molar-refractivity contribution in [2.75, 3.05) is 0 Å². The molecule has 1 aromatic rings. The lowest BCUT2D eigenvalue weighted by molar-refractivity contribution is 0.445. The number of nitrogens with one attached hydrogen (secondary N) is 1. The van der Waals surface area contributed by atoms with E-state index in [4.69, 9.17) is 0 Å². The Morgan fingerprint density at radius 1 is 1.27 bits per heavy atom. The fraction of sp³-hybridized carbons (Fsp3) is 0.571. The van der Waals surface area contributed by atoms with Crippen molar-refractivity contribution in [2.24, 2.45) is 0 Å². The van der Waals surface area contributed by atoms with Crippen LogP contribution >= 0.6 is 0 Å². The zero-order chi connectivity index (χ0) is 11.0. The van der Waals surface area contributed by atoms with Gasteiger partial charge in [0.1, 0.15) is 0 Å². The van der Waals surface area contributed by atoms with Crippen molar-refractivity contribution >= 4 is 0 Å². The summed E-state index contributed by atoms with van der Waals surface area (Å²) in [6.45, 7) is 9.04. The molecule has 15 heavy (non-hydrogen) atoms. The maximum atomic E-state index is 3.58. The standard InChI is InChI=1S/C14H21N/c1-9(2)12-5-6-14-11(4)15-10(3)7-13(14)8-12/h5-6,8-11,15H,7H2,1-4H3. The molecule has 2 atom stereocenters. The summed E-state index contributed by atoms with van der Waals surface area (Å²) in [7, 11) is 0. The van der Waals surface area contributed by atoms with Crippen molar-refractivity contribution in [3.63, 3.8) is 0 Å². The van der Waals surface area contributed by atoms with E-state index in [0.29, 0.717) is 18.0 Å². The van der Waals surface area contributed by atoms with E-state index in [1.165, 1.54) is 17.5 Å². The van der Waals surface area contributed by atoms with Crippen LogP contribution in [0.25, 0.3) is 0 Å². The van der Waals surface area contributed by atoms with Crippen LogP contribution in [-0.2, 0) is 6.42 Å². The van der Waals surface area contributed by atoms with Gasteiger partial charge in [-0.1, -0.05) is 32.0 Å². The van der Waals surface area contributed by atoms with Gasteiger partial charge in [0.05, 0.1) is 0 Å². The molecule has 1 heteroatoms. The molecule has 0 aromatic heterocycles. The summed E-state index contributed by atoms with van der Waals surface area (Å²) in [6, 6.07) is 8.08. The largest absolute Gasteiger partial charge is 0.307 e. The maximum absolute atomic E-state index is 3.58. The molecule has 2 unspecified atom stereocenters. The van der Waals surface area contributed by atoms with E-state index in [0.717, 1.165) is 0 Å². The van der Waals surface area contributed by atoms with Gasteiger partial charge in [-0.15, -0.1) is 0 Å². The lowest BCUT2D eigenvalue weighted by atomic mass is 9.88. The first-order valence-corrected chi connectivity index (χ1v) is 5.96. The van der Waals surface area contributed by atoms with Crippen LogP contribution in [0.15, 0.2) is 18.2 Å². The fourth-order valence-corrected chi connectivity index (χ4v) is 2.49. The van der Waals surface area contributed by atoms with Gasteiger partial charge >= 0.3 is 0 Å². The molecule has 1 heterocycles. The highest BCUT2D eigenvalue weighted by Crippen LogP contribution is 2.28. The fourth-order valence-electron chi connectivity index (χ4n) is 2.49. The van der Waals surface area contributed by atoms with Crippen molar-refractivity contribution in [1.82, 2.24) is 5.32 Å². The van der Waals surface area contributed by atoms with Crippen LogP contribution in [0.3, 0.4) is 0 Å². The highest BCUT2D eigenvalue weighted by atomic mass is 14.9. The summed E-state index contributed by atoms with van der Waals surface area (Å²) in [5.41, 5.74) is 4.49. The van der Waals surface area contributed by atoms with Gasteiger partial charge in [0.15, 0.2) is 0 Å². The third-order valence-corrected chi connectivity index (χ3v) is 3.36. The average Bonchev–Trinajstić information content (AvgIpc) is 2.16. The third-order valence-electron chi connectivity index (χ3n) is 3.36. The molecule has 0 amide bonds. The number of fused-ring (bicyclic) bond motifs is 1. The zero-order valence-electron chi connectivity index (χ0n) is 10.2. The van der Waals surface area contributed by atoms with Crippen LogP contribution < -0.4 is 5.32 Å². The molecular weight excluding hydrogens is 182 g/mol. The minimum Gasteiger partial charge on any atom is -0.307 e. The molecule has 0 radical (unpaired) electrons. The normalized spacial score (nSPS) is 25.4. The first-order chi connectivity index (χ1) is 7.08. The van der Waals surface area contributed by atoms with Crippen LogP contribution in [0, 0.1) is 0 Å². The molecule has 0 aliphatic carbocycles. The lowest BCUT2D eigenvalue weighted by Crippen LogP contribution is -2.35. The molecule has 0 spiro atoms. The van der Waals surface area contributed by atoms with Gasteiger partial charge in [-0.05, 0) is 42.9 Å². The minimum atomic E-state index is 0.505. The summed E-state index contributed by atoms with van der Waals surface area (Å²) in [5.74, 6) is 0.635. The van der Waals surface area contributed by atoms with E-state index in [9.17, 15) is 0 Å². The zero-order valence-corrected chi connectivity index (χ0v) is 10.2. The van der Waals surface area contributed by atoms with Crippen LogP contribution in [-0.4, -0.2) is 6.04 Å². The Labute approximate surface area is 92.9 Å². The van der Waals surface area contributed by atoms with E-state index >= 15 is 0 Å². The number of hydrogen-bond acceptors (Lipinski definition) is 1. The second-order valence-electron chi connectivity index (χ2n) is 5.11. The van der Waals surface area contributed by atoms with E-state index in [2.05, 4.69) is 51.2 Å². The molecule has 1 aliphatic rings. The molecule has 0 fully saturated rings. The summed E-state index contributed by atoms with van der Waals surface area (Å²) in [6.07, 6.45) is 1.17. The lowest BCUT2D eigenvalue weighted by Gasteiger charge is -2.29. The number of rotatable bonds is 1. The first-order valence-electron chi connectivity index (χ1n) is 5.96. The van der Waals surface area contributed by atoms with Gasteiger partial charge in [0.25, 0.3) is 0 Å². The molecule has 0 saturated heterocycles. The van der Waals surface area contributed by atoms with Crippen molar-refractivity contribution < 1.29 is 0 Å². The molecule has 1 N–H and O–H groups in total. The van der Waals surface area contributed by atoms with Gasteiger partial charge < -0.3 is 5.32 Å². The predicted octanol–water partition coefficient (Wildman–Crippen LogP) is 3.41. The molecule has 1 nitrogen and oxygen atoms in total. The second kappa shape index (κ2) is 3.97. The quantitative estimate of drug-likeness (QED) is 0.737. The molecule has 1 aromatic carbocycles. The maximum Gasteiger partial charge on any atom is 0.0297 e. The van der Waals surface area contributed by atoms with Crippen molar-refractivity contribution in [3.05, 3.63) is 34.9 Å². The van der Waals surface area contributed by atoms with E-state index in [-0.39, 0.29) is 0 Å². The predicted molar refractivity (Wildman–Crippen MR) is 65.2 cm³/mol. The van der Waals surface area contributed by atoms with Crippen LogP contribution in [0.4, 0.5) is 0 Å². The molecule has 0 bridgehead atoms. The van der Waals surface area contributed by atoms with Crippen LogP contribution in [0.2, 0.25) is 0 Å². The average molecular weight is 203 g/mol. The number of hydrogen-bond donors (Lipinski definition) is 1. The molecule has 2 rings (SSSR count). The second-order valence-corrected chi connectivity index (χ2v) is 5.11. The van der Waals surface area contributed by atoms with Crippen molar-refractivity contribution in [2.45, 2.75) is 52.1 Å². The molecule has 82 valence electrons. The van der Waals surface area contributed by atoms with Gasteiger partial charge in [-0.25, -0.2) is 0 Å². The van der Waals surface area contributed by atoms with Gasteiger partial charge in [-0.3, -0.25) is 0 Å². The highest BCUT2D eigenvalue weighted by molar-refractivity contribution is 5.37. The topological polar surface area (TPSA) is 12.0 Å². The van der Waals surface area contributed by atoms with E-state index in [1.807, 2.05) is 0 Å². The Morgan fingerprint density at radius 3 is 2.67 bits per heavy atom.